The summed E-state index contributed by atoms with van der Waals surface area (Å²) >= 11 is 2.23. The quantitative estimate of drug-likeness (QED) is 0.663. The Hall–Kier alpha value is -1.11. The van der Waals surface area contributed by atoms with Crippen molar-refractivity contribution in [1.82, 2.24) is 9.97 Å². The average Bonchev–Trinajstić information content (AvgIpc) is 2.54. The first kappa shape index (κ1) is 13.3. The van der Waals surface area contributed by atoms with Crippen molar-refractivity contribution in [2.45, 2.75) is 32.8 Å². The second-order valence-corrected chi connectivity index (χ2v) is 6.18. The average molecular weight is 358 g/mol. The highest BCUT2D eigenvalue weighted by Gasteiger charge is 2.19. The number of rotatable bonds is 2. The van der Waals surface area contributed by atoms with Crippen molar-refractivity contribution in [3.05, 3.63) is 27.7 Å². The highest BCUT2D eigenvalue weighted by molar-refractivity contribution is 14.1. The molecule has 0 fully saturated rings. The first-order valence-corrected chi connectivity index (χ1v) is 6.76. The molecule has 0 aliphatic heterocycles. The van der Waals surface area contributed by atoms with E-state index in [4.69, 9.17) is 4.74 Å². The van der Waals surface area contributed by atoms with Crippen molar-refractivity contribution in [3.63, 3.8) is 0 Å². The fourth-order valence-corrected chi connectivity index (χ4v) is 2.46. The number of nitrogens with one attached hydrogen (secondary N) is 1. The number of hydrogen-bond acceptors (Lipinski definition) is 3. The molecule has 2 heterocycles. The first-order valence-electron chi connectivity index (χ1n) is 5.69. The maximum absolute atomic E-state index is 11.8. The maximum atomic E-state index is 11.8. The van der Waals surface area contributed by atoms with Crippen LogP contribution < -0.4 is 0 Å². The zero-order chi connectivity index (χ0) is 13.3. The van der Waals surface area contributed by atoms with Gasteiger partial charge in [0.1, 0.15) is 5.60 Å². The lowest BCUT2D eigenvalue weighted by Gasteiger charge is -2.19. The van der Waals surface area contributed by atoms with Crippen molar-refractivity contribution in [3.8, 4) is 0 Å². The molecule has 0 aliphatic carbocycles. The summed E-state index contributed by atoms with van der Waals surface area (Å²) in [6, 6.07) is 1.90. The molecule has 96 valence electrons. The second-order valence-electron chi connectivity index (χ2n) is 5.10. The number of carbonyl (C=O) groups is 1. The number of pyridine rings is 1. The van der Waals surface area contributed by atoms with E-state index in [9.17, 15) is 4.79 Å². The third-order valence-corrected chi connectivity index (χ3v) is 3.58. The molecular formula is C13H15IN2O2. The van der Waals surface area contributed by atoms with Crippen LogP contribution in [0, 0.1) is 3.57 Å². The van der Waals surface area contributed by atoms with E-state index < -0.39 is 5.60 Å². The minimum atomic E-state index is -0.448. The minimum Gasteiger partial charge on any atom is -0.460 e. The normalized spacial score (nSPS) is 11.8. The monoisotopic (exact) mass is 358 g/mol. The van der Waals surface area contributed by atoms with E-state index in [0.717, 1.165) is 20.2 Å². The minimum absolute atomic E-state index is 0.222. The van der Waals surface area contributed by atoms with Crippen molar-refractivity contribution < 1.29 is 9.53 Å². The molecule has 2 aromatic heterocycles. The molecule has 2 aromatic rings. The van der Waals surface area contributed by atoms with Gasteiger partial charge in [-0.05, 0) is 49.4 Å². The SMILES string of the molecule is CC(C)(C)OC(=O)Cc1[nH]c2ccncc2c1I. The molecule has 4 nitrogen and oxygen atoms in total. The lowest BCUT2D eigenvalue weighted by atomic mass is 10.2. The topological polar surface area (TPSA) is 55.0 Å². The van der Waals surface area contributed by atoms with Crippen LogP contribution in [0.5, 0.6) is 0 Å². The Morgan fingerprint density at radius 3 is 2.83 bits per heavy atom. The number of hydrogen-bond donors (Lipinski definition) is 1. The van der Waals surface area contributed by atoms with E-state index >= 15 is 0 Å². The third-order valence-electron chi connectivity index (χ3n) is 2.35. The number of ether oxygens (including phenoxy) is 1. The number of H-pyrrole nitrogens is 1. The standard InChI is InChI=1S/C13H15IN2O2/c1-13(2,3)18-11(17)6-10-12(14)8-7-15-5-4-9(8)16-10/h4-5,7,16H,6H2,1-3H3. The zero-order valence-corrected chi connectivity index (χ0v) is 12.7. The second kappa shape index (κ2) is 4.87. The molecule has 0 amide bonds. The molecule has 0 atom stereocenters. The Morgan fingerprint density at radius 2 is 2.22 bits per heavy atom. The van der Waals surface area contributed by atoms with Crippen molar-refractivity contribution in [1.29, 1.82) is 0 Å². The van der Waals surface area contributed by atoms with E-state index in [2.05, 4.69) is 32.6 Å². The molecule has 18 heavy (non-hydrogen) atoms. The molecule has 1 N–H and O–H groups in total. The predicted octanol–water partition coefficient (Wildman–Crippen LogP) is 3.05. The van der Waals surface area contributed by atoms with E-state index in [0.29, 0.717) is 0 Å². The van der Waals surface area contributed by atoms with Crippen LogP contribution in [-0.4, -0.2) is 21.5 Å². The maximum Gasteiger partial charge on any atom is 0.312 e. The van der Waals surface area contributed by atoms with E-state index in [1.807, 2.05) is 26.8 Å². The van der Waals surface area contributed by atoms with Gasteiger partial charge in [-0.3, -0.25) is 9.78 Å². The summed E-state index contributed by atoms with van der Waals surface area (Å²) in [7, 11) is 0. The van der Waals surface area contributed by atoms with Crippen molar-refractivity contribution >= 4 is 39.5 Å². The first-order chi connectivity index (χ1) is 8.37. The van der Waals surface area contributed by atoms with Gasteiger partial charge in [0.15, 0.2) is 0 Å². The van der Waals surface area contributed by atoms with Crippen LogP contribution in [0.1, 0.15) is 26.5 Å². The Morgan fingerprint density at radius 1 is 1.50 bits per heavy atom. The summed E-state index contributed by atoms with van der Waals surface area (Å²) in [5.74, 6) is -0.222. The molecule has 0 aromatic carbocycles. The van der Waals surface area contributed by atoms with Crippen LogP contribution in [0.15, 0.2) is 18.5 Å². The lowest BCUT2D eigenvalue weighted by Crippen LogP contribution is -2.25. The van der Waals surface area contributed by atoms with E-state index in [1.54, 1.807) is 12.4 Å². The number of halogens is 1. The van der Waals surface area contributed by atoms with Crippen LogP contribution in [0.25, 0.3) is 10.9 Å². The highest BCUT2D eigenvalue weighted by atomic mass is 127. The molecule has 5 heteroatoms. The van der Waals surface area contributed by atoms with Gasteiger partial charge in [0.2, 0.25) is 0 Å². The summed E-state index contributed by atoms with van der Waals surface area (Å²) in [4.78, 5) is 19.1. The molecule has 0 bridgehead atoms. The van der Waals surface area contributed by atoms with Gasteiger partial charge in [0.25, 0.3) is 0 Å². The third kappa shape index (κ3) is 3.01. The smallest absolute Gasteiger partial charge is 0.312 e. The fourth-order valence-electron chi connectivity index (χ4n) is 1.70. The molecule has 0 aliphatic rings. The molecule has 0 spiro atoms. The van der Waals surface area contributed by atoms with Gasteiger partial charge in [0, 0.05) is 32.6 Å². The fraction of sp³-hybridized carbons (Fsp3) is 0.385. The van der Waals surface area contributed by atoms with Crippen molar-refractivity contribution in [2.75, 3.05) is 0 Å². The Balaban J connectivity index is 2.22. The molecule has 0 saturated heterocycles. The van der Waals surface area contributed by atoms with Crippen LogP contribution >= 0.6 is 22.6 Å². The summed E-state index contributed by atoms with van der Waals surface area (Å²) in [5, 5.41) is 1.04. The molecule has 0 saturated carbocycles. The Bertz CT molecular complexity index is 584. The van der Waals surface area contributed by atoms with Gasteiger partial charge < -0.3 is 9.72 Å². The predicted molar refractivity (Wildman–Crippen MR) is 78.4 cm³/mol. The summed E-state index contributed by atoms with van der Waals surface area (Å²) in [5.41, 5.74) is 1.43. The summed E-state index contributed by atoms with van der Waals surface area (Å²) in [6.07, 6.45) is 3.78. The van der Waals surface area contributed by atoms with Gasteiger partial charge in [-0.25, -0.2) is 0 Å². The Labute approximate surface area is 119 Å². The highest BCUT2D eigenvalue weighted by Crippen LogP contribution is 2.24. The van der Waals surface area contributed by atoms with Crippen LogP contribution in [0.2, 0.25) is 0 Å². The van der Waals surface area contributed by atoms with Gasteiger partial charge in [-0.2, -0.15) is 0 Å². The van der Waals surface area contributed by atoms with Gasteiger partial charge in [-0.1, -0.05) is 0 Å². The number of fused-ring (bicyclic) bond motifs is 1. The molecule has 2 rings (SSSR count). The Kier molecular flexibility index (Phi) is 3.61. The molecular weight excluding hydrogens is 343 g/mol. The number of aromatic nitrogens is 2. The van der Waals surface area contributed by atoms with E-state index in [-0.39, 0.29) is 12.4 Å². The number of aromatic amines is 1. The summed E-state index contributed by atoms with van der Waals surface area (Å²) in [6.45, 7) is 5.60. The largest absolute Gasteiger partial charge is 0.460 e. The summed E-state index contributed by atoms with van der Waals surface area (Å²) < 4.78 is 6.34. The van der Waals surface area contributed by atoms with Gasteiger partial charge >= 0.3 is 5.97 Å². The van der Waals surface area contributed by atoms with Gasteiger partial charge in [-0.15, -0.1) is 0 Å². The lowest BCUT2D eigenvalue weighted by molar-refractivity contribution is -0.153. The van der Waals surface area contributed by atoms with Crippen LogP contribution in [0.4, 0.5) is 0 Å². The zero-order valence-electron chi connectivity index (χ0n) is 10.6. The number of esters is 1. The van der Waals surface area contributed by atoms with E-state index in [1.165, 1.54) is 0 Å². The number of carbonyl (C=O) groups excluding carboxylic acids is 1. The molecule has 0 radical (unpaired) electrons. The van der Waals surface area contributed by atoms with Gasteiger partial charge in [0.05, 0.1) is 6.42 Å². The number of nitrogens with zero attached hydrogens (tertiary/aromatic N) is 1. The van der Waals surface area contributed by atoms with Crippen LogP contribution in [-0.2, 0) is 16.0 Å². The van der Waals surface area contributed by atoms with Crippen molar-refractivity contribution in [2.24, 2.45) is 0 Å². The van der Waals surface area contributed by atoms with Crippen LogP contribution in [0.3, 0.4) is 0 Å². The molecule has 0 unspecified atom stereocenters.